The molecule has 6 heteroatoms. The Bertz CT molecular complexity index is 558. The van der Waals surface area contributed by atoms with Crippen molar-refractivity contribution in [2.75, 3.05) is 5.73 Å². The largest absolute Gasteiger partial charge is 0.416 e. The van der Waals surface area contributed by atoms with E-state index in [4.69, 9.17) is 5.73 Å². The fourth-order valence-electron chi connectivity index (χ4n) is 1.77. The average Bonchev–Trinajstić information content (AvgIpc) is 2.74. The zero-order chi connectivity index (χ0) is 13.3. The molecule has 96 valence electrons. The molecule has 0 spiro atoms. The summed E-state index contributed by atoms with van der Waals surface area (Å²) in [5.41, 5.74) is 5.21. The zero-order valence-electron chi connectivity index (χ0n) is 9.70. The first-order valence-corrected chi connectivity index (χ1v) is 5.42. The molecule has 0 saturated carbocycles. The summed E-state index contributed by atoms with van der Waals surface area (Å²) in [5.74, 6) is 0.689. The maximum absolute atomic E-state index is 12.7. The normalized spacial score (nSPS) is 11.8. The van der Waals surface area contributed by atoms with Gasteiger partial charge < -0.3 is 10.3 Å². The fourth-order valence-corrected chi connectivity index (χ4v) is 1.77. The molecule has 0 atom stereocenters. The third-order valence-corrected chi connectivity index (χ3v) is 2.58. The maximum atomic E-state index is 12.7. The molecule has 0 fully saturated rings. The van der Waals surface area contributed by atoms with Crippen LogP contribution in [0.1, 0.15) is 18.3 Å². The quantitative estimate of drug-likeness (QED) is 0.838. The standard InChI is InChI=1S/C12H12F3N3/c1-2-11-17-3-4-18(11)10-6-8(12(13,14)15)5-9(16)7-10/h3-7H,2,16H2,1H3. The van der Waals surface area contributed by atoms with Crippen molar-refractivity contribution in [3.8, 4) is 5.69 Å². The Morgan fingerprint density at radius 2 is 2.00 bits per heavy atom. The van der Waals surface area contributed by atoms with Gasteiger partial charge in [-0.1, -0.05) is 6.92 Å². The molecule has 2 rings (SSSR count). The van der Waals surface area contributed by atoms with E-state index in [0.717, 1.165) is 12.1 Å². The van der Waals surface area contributed by atoms with Gasteiger partial charge in [0.25, 0.3) is 0 Å². The Morgan fingerprint density at radius 1 is 1.28 bits per heavy atom. The molecule has 1 aromatic carbocycles. The predicted molar refractivity (Wildman–Crippen MR) is 62.4 cm³/mol. The van der Waals surface area contributed by atoms with E-state index >= 15 is 0 Å². The molecule has 0 amide bonds. The third kappa shape index (κ3) is 2.32. The van der Waals surface area contributed by atoms with E-state index in [9.17, 15) is 13.2 Å². The molecule has 0 saturated heterocycles. The van der Waals surface area contributed by atoms with Crippen molar-refractivity contribution in [2.45, 2.75) is 19.5 Å². The number of anilines is 1. The van der Waals surface area contributed by atoms with Crippen LogP contribution in [0.25, 0.3) is 5.69 Å². The number of aromatic nitrogens is 2. The van der Waals surface area contributed by atoms with Crippen LogP contribution in [0, 0.1) is 0 Å². The van der Waals surface area contributed by atoms with Crippen LogP contribution in [0.5, 0.6) is 0 Å². The van der Waals surface area contributed by atoms with Crippen LogP contribution in [0.15, 0.2) is 30.6 Å². The first-order valence-electron chi connectivity index (χ1n) is 5.42. The SMILES string of the molecule is CCc1nccn1-c1cc(N)cc(C(F)(F)F)c1. The minimum absolute atomic E-state index is 0.0792. The van der Waals surface area contributed by atoms with E-state index in [1.54, 1.807) is 17.0 Å². The molecule has 2 aromatic rings. The summed E-state index contributed by atoms with van der Waals surface area (Å²) >= 11 is 0. The van der Waals surface area contributed by atoms with E-state index in [2.05, 4.69) is 4.98 Å². The number of hydrogen-bond acceptors (Lipinski definition) is 2. The second-order valence-corrected chi connectivity index (χ2v) is 3.88. The number of alkyl halides is 3. The van der Waals surface area contributed by atoms with Crippen LogP contribution in [0.2, 0.25) is 0 Å². The number of nitrogens with two attached hydrogens (primary N) is 1. The smallest absolute Gasteiger partial charge is 0.399 e. The summed E-state index contributed by atoms with van der Waals surface area (Å²) in [6.45, 7) is 1.88. The molecule has 18 heavy (non-hydrogen) atoms. The van der Waals surface area contributed by atoms with Crippen molar-refractivity contribution in [1.82, 2.24) is 9.55 Å². The lowest BCUT2D eigenvalue weighted by Gasteiger charge is -2.12. The Labute approximate surface area is 102 Å². The Hall–Kier alpha value is -1.98. The lowest BCUT2D eigenvalue weighted by atomic mass is 10.1. The fraction of sp³-hybridized carbons (Fsp3) is 0.250. The molecule has 0 aliphatic rings. The molecule has 0 radical (unpaired) electrons. The van der Waals surface area contributed by atoms with Crippen molar-refractivity contribution in [2.24, 2.45) is 0 Å². The topological polar surface area (TPSA) is 43.8 Å². The van der Waals surface area contributed by atoms with Crippen molar-refractivity contribution in [3.05, 3.63) is 42.0 Å². The highest BCUT2D eigenvalue weighted by Gasteiger charge is 2.31. The van der Waals surface area contributed by atoms with Gasteiger partial charge in [0.05, 0.1) is 5.56 Å². The minimum Gasteiger partial charge on any atom is -0.399 e. The molecule has 3 nitrogen and oxygen atoms in total. The van der Waals surface area contributed by atoms with Gasteiger partial charge >= 0.3 is 6.18 Å². The summed E-state index contributed by atoms with van der Waals surface area (Å²) in [6, 6.07) is 3.49. The second-order valence-electron chi connectivity index (χ2n) is 3.88. The molecular weight excluding hydrogens is 243 g/mol. The Morgan fingerprint density at radius 3 is 2.61 bits per heavy atom. The van der Waals surface area contributed by atoms with Crippen LogP contribution in [0.3, 0.4) is 0 Å². The van der Waals surface area contributed by atoms with Crippen LogP contribution in [-0.4, -0.2) is 9.55 Å². The van der Waals surface area contributed by atoms with Crippen LogP contribution in [0.4, 0.5) is 18.9 Å². The first kappa shape index (κ1) is 12.5. The number of rotatable bonds is 2. The summed E-state index contributed by atoms with van der Waals surface area (Å²) in [5, 5.41) is 0. The van der Waals surface area contributed by atoms with Crippen molar-refractivity contribution in [1.29, 1.82) is 0 Å². The van der Waals surface area contributed by atoms with Crippen molar-refractivity contribution < 1.29 is 13.2 Å². The van der Waals surface area contributed by atoms with Gasteiger partial charge in [0.1, 0.15) is 5.82 Å². The highest BCUT2D eigenvalue weighted by Crippen LogP contribution is 2.32. The van der Waals surface area contributed by atoms with E-state index < -0.39 is 11.7 Å². The minimum atomic E-state index is -4.41. The van der Waals surface area contributed by atoms with E-state index in [1.165, 1.54) is 6.07 Å². The number of hydrogen-bond donors (Lipinski definition) is 1. The maximum Gasteiger partial charge on any atom is 0.416 e. The first-order chi connectivity index (χ1) is 8.41. The van der Waals surface area contributed by atoms with Gasteiger partial charge in [0.2, 0.25) is 0 Å². The van der Waals surface area contributed by atoms with Gasteiger partial charge in [-0.15, -0.1) is 0 Å². The molecule has 0 bridgehead atoms. The summed E-state index contributed by atoms with van der Waals surface area (Å²) in [6.07, 6.45) is -0.608. The second kappa shape index (κ2) is 4.36. The van der Waals surface area contributed by atoms with Gasteiger partial charge in [-0.05, 0) is 18.2 Å². The van der Waals surface area contributed by atoms with Gasteiger partial charge in [-0.25, -0.2) is 4.98 Å². The number of aryl methyl sites for hydroxylation is 1. The number of nitrogens with zero attached hydrogens (tertiary/aromatic N) is 2. The number of benzene rings is 1. The summed E-state index contributed by atoms with van der Waals surface area (Å²) < 4.78 is 39.7. The van der Waals surface area contributed by atoms with E-state index in [0.29, 0.717) is 17.9 Å². The lowest BCUT2D eigenvalue weighted by Crippen LogP contribution is -2.08. The van der Waals surface area contributed by atoms with Crippen LogP contribution in [-0.2, 0) is 12.6 Å². The van der Waals surface area contributed by atoms with Crippen LogP contribution >= 0.6 is 0 Å². The average molecular weight is 255 g/mol. The molecule has 0 aliphatic heterocycles. The summed E-state index contributed by atoms with van der Waals surface area (Å²) in [7, 11) is 0. The monoisotopic (exact) mass is 255 g/mol. The van der Waals surface area contributed by atoms with Gasteiger partial charge in [-0.3, -0.25) is 0 Å². The highest BCUT2D eigenvalue weighted by atomic mass is 19.4. The molecule has 0 unspecified atom stereocenters. The molecule has 2 N–H and O–H groups in total. The van der Waals surface area contributed by atoms with Gasteiger partial charge in [0, 0.05) is 30.2 Å². The number of imidazole rings is 1. The molecule has 1 heterocycles. The Kier molecular flexibility index (Phi) is 3.02. The van der Waals surface area contributed by atoms with Gasteiger partial charge in [0.15, 0.2) is 0 Å². The highest BCUT2D eigenvalue weighted by molar-refractivity contribution is 5.52. The molecule has 1 aromatic heterocycles. The van der Waals surface area contributed by atoms with Crippen molar-refractivity contribution >= 4 is 5.69 Å². The molecule has 0 aliphatic carbocycles. The van der Waals surface area contributed by atoms with E-state index in [1.807, 2.05) is 6.92 Å². The van der Waals surface area contributed by atoms with Crippen molar-refractivity contribution in [3.63, 3.8) is 0 Å². The third-order valence-electron chi connectivity index (χ3n) is 2.58. The number of nitrogen functional groups attached to an aromatic ring is 1. The Balaban J connectivity index is 2.56. The van der Waals surface area contributed by atoms with Crippen LogP contribution < -0.4 is 5.73 Å². The van der Waals surface area contributed by atoms with E-state index in [-0.39, 0.29) is 5.69 Å². The predicted octanol–water partition coefficient (Wildman–Crippen LogP) is 3.04. The number of halogens is 3. The lowest BCUT2D eigenvalue weighted by molar-refractivity contribution is -0.137. The zero-order valence-corrected chi connectivity index (χ0v) is 9.70. The molecular formula is C12H12F3N3. The van der Waals surface area contributed by atoms with Gasteiger partial charge in [-0.2, -0.15) is 13.2 Å². The summed E-state index contributed by atoms with van der Waals surface area (Å²) in [4.78, 5) is 4.07.